The highest BCUT2D eigenvalue weighted by Crippen LogP contribution is 2.27. The van der Waals surface area contributed by atoms with Crippen molar-refractivity contribution in [3.8, 4) is 6.07 Å². The summed E-state index contributed by atoms with van der Waals surface area (Å²) >= 11 is 0. The van der Waals surface area contributed by atoms with Gasteiger partial charge in [-0.3, -0.25) is 19.3 Å². The summed E-state index contributed by atoms with van der Waals surface area (Å²) in [6.07, 6.45) is 0.170. The van der Waals surface area contributed by atoms with Gasteiger partial charge >= 0.3 is 5.97 Å². The Morgan fingerprint density at radius 2 is 1.71 bits per heavy atom. The number of nitrogens with one attached hydrogen (secondary N) is 1. The molecule has 0 unspecified atom stereocenters. The summed E-state index contributed by atoms with van der Waals surface area (Å²) in [6, 6.07) is 6.79. The third kappa shape index (κ3) is 4.14. The highest BCUT2D eigenvalue weighted by molar-refractivity contribution is 6.22. The zero-order chi connectivity index (χ0) is 21.0. The first-order valence-corrected chi connectivity index (χ1v) is 8.80. The van der Waals surface area contributed by atoms with Gasteiger partial charge in [-0.2, -0.15) is 5.26 Å². The lowest BCUT2D eigenvalue weighted by Crippen LogP contribution is -2.47. The van der Waals surface area contributed by atoms with Crippen LogP contribution in [0.3, 0.4) is 0 Å². The fourth-order valence-corrected chi connectivity index (χ4v) is 2.98. The third-order valence-corrected chi connectivity index (χ3v) is 4.34. The van der Waals surface area contributed by atoms with E-state index in [-0.39, 0.29) is 29.2 Å². The lowest BCUT2D eigenvalue weighted by atomic mass is 10.0. The summed E-state index contributed by atoms with van der Waals surface area (Å²) in [5.41, 5.74) is 0.283. The van der Waals surface area contributed by atoms with Crippen LogP contribution >= 0.6 is 0 Å². The molecule has 28 heavy (non-hydrogen) atoms. The molecule has 1 aliphatic heterocycles. The van der Waals surface area contributed by atoms with Gasteiger partial charge < -0.3 is 10.1 Å². The number of benzene rings is 1. The summed E-state index contributed by atoms with van der Waals surface area (Å²) in [5.74, 6) is -4.12. The van der Waals surface area contributed by atoms with Gasteiger partial charge in [0.1, 0.15) is 12.0 Å². The van der Waals surface area contributed by atoms with E-state index in [1.807, 2.05) is 13.8 Å². The smallest absolute Gasteiger partial charge is 0.329 e. The van der Waals surface area contributed by atoms with E-state index in [9.17, 15) is 19.2 Å². The molecule has 0 aromatic heterocycles. The first-order chi connectivity index (χ1) is 13.2. The quantitative estimate of drug-likeness (QED) is 0.415. The summed E-state index contributed by atoms with van der Waals surface area (Å²) in [6.45, 7) is 4.26. The fourth-order valence-electron chi connectivity index (χ4n) is 2.98. The fraction of sp³-hybridized carbons (Fsp3) is 0.400. The molecule has 1 aliphatic rings. The maximum absolute atomic E-state index is 12.7. The van der Waals surface area contributed by atoms with Gasteiger partial charge in [-0.1, -0.05) is 26.0 Å². The Kier molecular flexibility index (Phi) is 6.41. The van der Waals surface area contributed by atoms with Crippen molar-refractivity contribution in [1.82, 2.24) is 4.90 Å². The SMILES string of the molecule is CC(=N)[C@H](C#N)C(=O)COC(=O)[C@@H](CC(C)C)N1C(=O)c2ccccc2C1=O. The predicted molar refractivity (Wildman–Crippen MR) is 98.7 cm³/mol. The van der Waals surface area contributed by atoms with Crippen molar-refractivity contribution in [2.75, 3.05) is 6.61 Å². The van der Waals surface area contributed by atoms with Gasteiger partial charge in [-0.25, -0.2) is 4.79 Å². The number of hydrogen-bond acceptors (Lipinski definition) is 7. The highest BCUT2D eigenvalue weighted by atomic mass is 16.5. The summed E-state index contributed by atoms with van der Waals surface area (Å²) in [7, 11) is 0. The number of Topliss-reactive ketones (excluding diaryl/α,β-unsaturated/α-hetero) is 1. The van der Waals surface area contributed by atoms with E-state index in [1.165, 1.54) is 19.1 Å². The monoisotopic (exact) mass is 383 g/mol. The van der Waals surface area contributed by atoms with E-state index >= 15 is 0 Å². The Labute approximate surface area is 162 Å². The lowest BCUT2D eigenvalue weighted by Gasteiger charge is -2.26. The molecule has 1 N–H and O–H groups in total. The Morgan fingerprint density at radius 1 is 1.18 bits per heavy atom. The van der Waals surface area contributed by atoms with E-state index in [1.54, 1.807) is 18.2 Å². The van der Waals surface area contributed by atoms with Crippen LogP contribution in [0.15, 0.2) is 24.3 Å². The first-order valence-electron chi connectivity index (χ1n) is 8.80. The molecule has 1 heterocycles. The molecule has 8 heteroatoms. The van der Waals surface area contributed by atoms with Crippen LogP contribution in [0.2, 0.25) is 0 Å². The third-order valence-electron chi connectivity index (χ3n) is 4.34. The van der Waals surface area contributed by atoms with Gasteiger partial charge in [-0.05, 0) is 31.4 Å². The van der Waals surface area contributed by atoms with Gasteiger partial charge in [0.15, 0.2) is 12.4 Å². The topological polar surface area (TPSA) is 128 Å². The van der Waals surface area contributed by atoms with Crippen molar-refractivity contribution < 1.29 is 23.9 Å². The molecule has 0 radical (unpaired) electrons. The number of nitrogens with zero attached hydrogens (tertiary/aromatic N) is 2. The molecule has 0 saturated heterocycles. The van der Waals surface area contributed by atoms with Gasteiger partial charge in [-0.15, -0.1) is 0 Å². The zero-order valence-electron chi connectivity index (χ0n) is 15.9. The largest absolute Gasteiger partial charge is 0.456 e. The van der Waals surface area contributed by atoms with Crippen LogP contribution < -0.4 is 0 Å². The number of amides is 2. The van der Waals surface area contributed by atoms with Crippen molar-refractivity contribution >= 4 is 29.3 Å². The maximum atomic E-state index is 12.7. The number of ether oxygens (including phenoxy) is 1. The molecule has 0 bridgehead atoms. The predicted octanol–water partition coefficient (Wildman–Crippen LogP) is 1.99. The van der Waals surface area contributed by atoms with Crippen LogP contribution in [0.5, 0.6) is 0 Å². The second-order valence-corrected chi connectivity index (χ2v) is 6.99. The van der Waals surface area contributed by atoms with Crippen molar-refractivity contribution in [2.45, 2.75) is 33.2 Å². The molecule has 1 aromatic carbocycles. The maximum Gasteiger partial charge on any atom is 0.329 e. The molecule has 2 atom stereocenters. The summed E-state index contributed by atoms with van der Waals surface area (Å²) < 4.78 is 5.03. The van der Waals surface area contributed by atoms with E-state index < -0.39 is 42.1 Å². The number of imide groups is 1. The molecule has 2 rings (SSSR count). The van der Waals surface area contributed by atoms with E-state index in [0.717, 1.165) is 4.90 Å². The van der Waals surface area contributed by atoms with Gasteiger partial charge in [0.25, 0.3) is 11.8 Å². The lowest BCUT2D eigenvalue weighted by molar-refractivity contribution is -0.152. The minimum atomic E-state index is -1.30. The summed E-state index contributed by atoms with van der Waals surface area (Å²) in [4.78, 5) is 50.9. The highest BCUT2D eigenvalue weighted by Gasteiger charge is 2.43. The van der Waals surface area contributed by atoms with Crippen LogP contribution in [0.1, 0.15) is 47.9 Å². The number of esters is 1. The van der Waals surface area contributed by atoms with Crippen LogP contribution in [0.4, 0.5) is 0 Å². The number of fused-ring (bicyclic) bond motifs is 1. The second-order valence-electron chi connectivity index (χ2n) is 6.99. The van der Waals surface area contributed by atoms with Gasteiger partial charge in [0.05, 0.1) is 17.2 Å². The molecule has 0 spiro atoms. The number of carbonyl (C=O) groups is 4. The Morgan fingerprint density at radius 3 is 2.14 bits per heavy atom. The average Bonchev–Trinajstić information content (AvgIpc) is 2.89. The van der Waals surface area contributed by atoms with Crippen molar-refractivity contribution in [1.29, 1.82) is 10.7 Å². The van der Waals surface area contributed by atoms with E-state index in [4.69, 9.17) is 15.4 Å². The Bertz CT molecular complexity index is 849. The zero-order valence-corrected chi connectivity index (χ0v) is 15.9. The average molecular weight is 383 g/mol. The second kappa shape index (κ2) is 8.57. The first kappa shape index (κ1) is 21.0. The molecular weight excluding hydrogens is 362 g/mol. The number of carbonyl (C=O) groups excluding carboxylic acids is 4. The molecular formula is C20H21N3O5. The van der Waals surface area contributed by atoms with E-state index in [0.29, 0.717) is 0 Å². The number of hydrogen-bond donors (Lipinski definition) is 1. The molecule has 0 fully saturated rings. The number of rotatable bonds is 8. The number of nitriles is 1. The Hall–Kier alpha value is -3.34. The van der Waals surface area contributed by atoms with Crippen LogP contribution in [-0.2, 0) is 14.3 Å². The number of ketones is 1. The molecule has 2 amide bonds. The normalized spacial score (nSPS) is 15.0. The van der Waals surface area contributed by atoms with Crippen molar-refractivity contribution in [3.05, 3.63) is 35.4 Å². The molecule has 8 nitrogen and oxygen atoms in total. The minimum Gasteiger partial charge on any atom is -0.456 e. The molecule has 1 aromatic rings. The van der Waals surface area contributed by atoms with Crippen LogP contribution in [0, 0.1) is 28.6 Å². The van der Waals surface area contributed by atoms with Crippen LogP contribution in [-0.4, -0.2) is 46.8 Å². The van der Waals surface area contributed by atoms with Crippen molar-refractivity contribution in [2.24, 2.45) is 11.8 Å². The van der Waals surface area contributed by atoms with E-state index in [2.05, 4.69) is 0 Å². The van der Waals surface area contributed by atoms with Crippen molar-refractivity contribution in [3.63, 3.8) is 0 Å². The summed E-state index contributed by atoms with van der Waals surface area (Å²) in [5, 5.41) is 16.4. The van der Waals surface area contributed by atoms with Gasteiger partial charge in [0.2, 0.25) is 0 Å². The Balaban J connectivity index is 2.21. The standard InChI is InChI=1S/C20H21N3O5/c1-11(2)8-16(20(27)28-10-17(24)15(9-21)12(3)22)23-18(25)13-6-4-5-7-14(13)19(23)26/h4-7,11,15-16,22H,8,10H2,1-3H3/t15-,16+/m0/s1. The molecule has 0 aliphatic carbocycles. The minimum absolute atomic E-state index is 0.0340. The molecule has 0 saturated carbocycles. The molecule has 146 valence electrons. The van der Waals surface area contributed by atoms with Gasteiger partial charge in [0, 0.05) is 5.71 Å². The van der Waals surface area contributed by atoms with Crippen LogP contribution in [0.25, 0.3) is 0 Å².